The van der Waals surface area contributed by atoms with E-state index in [-0.39, 0.29) is 28.3 Å². The lowest BCUT2D eigenvalue weighted by Gasteiger charge is -2.15. The van der Waals surface area contributed by atoms with Gasteiger partial charge in [0.2, 0.25) is 0 Å². The minimum Gasteiger partial charge on any atom is -0.294 e. The van der Waals surface area contributed by atoms with Gasteiger partial charge in [0.15, 0.2) is 11.6 Å². The maximum atomic E-state index is 11.9. The Hall–Kier alpha value is -3.16. The number of nitro benzene ring substituents is 2. The molecule has 0 atom stereocenters. The van der Waals surface area contributed by atoms with Crippen LogP contribution in [0.2, 0.25) is 0 Å². The molecule has 0 bridgehead atoms. The lowest BCUT2D eigenvalue weighted by Crippen LogP contribution is -2.17. The fraction of sp³-hybridized carbons (Fsp3) is 0.0769. The van der Waals surface area contributed by atoms with Gasteiger partial charge in [0.1, 0.15) is 5.39 Å². The molecule has 0 aromatic heterocycles. The highest BCUT2D eigenvalue weighted by molar-refractivity contribution is 6.29. The molecular formula is C13H6N2O6. The van der Waals surface area contributed by atoms with Gasteiger partial charge in [-0.1, -0.05) is 0 Å². The quantitative estimate of drug-likeness (QED) is 0.474. The van der Waals surface area contributed by atoms with Gasteiger partial charge in [-0.25, -0.2) is 0 Å². The van der Waals surface area contributed by atoms with Crippen molar-refractivity contribution in [2.24, 2.45) is 0 Å². The largest absolute Gasteiger partial charge is 0.294 e. The first-order valence-corrected chi connectivity index (χ1v) is 5.86. The van der Waals surface area contributed by atoms with E-state index in [0.29, 0.717) is 0 Å². The zero-order valence-corrected chi connectivity index (χ0v) is 10.4. The summed E-state index contributed by atoms with van der Waals surface area (Å²) in [4.78, 5) is 44.4. The highest BCUT2D eigenvalue weighted by atomic mass is 16.6. The van der Waals surface area contributed by atoms with Crippen molar-refractivity contribution in [3.05, 3.63) is 55.6 Å². The van der Waals surface area contributed by atoms with E-state index in [9.17, 15) is 29.8 Å². The number of ketones is 2. The number of hydrogen-bond donors (Lipinski definition) is 0. The third-order valence-electron chi connectivity index (χ3n) is 3.43. The molecule has 0 heterocycles. The van der Waals surface area contributed by atoms with Crippen molar-refractivity contribution >= 4 is 33.7 Å². The topological polar surface area (TPSA) is 120 Å². The Morgan fingerprint density at radius 3 is 1.57 bits per heavy atom. The predicted molar refractivity (Wildman–Crippen MR) is 70.5 cm³/mol. The molecule has 0 spiro atoms. The molecule has 2 aromatic carbocycles. The van der Waals surface area contributed by atoms with Crippen molar-refractivity contribution in [3.63, 3.8) is 0 Å². The van der Waals surface area contributed by atoms with E-state index < -0.39 is 32.8 Å². The van der Waals surface area contributed by atoms with Crippen molar-refractivity contribution in [1.29, 1.82) is 0 Å². The lowest BCUT2D eigenvalue weighted by atomic mass is 9.86. The second kappa shape index (κ2) is 4.17. The molecule has 21 heavy (non-hydrogen) atoms. The molecule has 8 nitrogen and oxygen atoms in total. The number of nitro groups is 2. The van der Waals surface area contributed by atoms with Gasteiger partial charge in [0.25, 0.3) is 11.4 Å². The van der Waals surface area contributed by atoms with Crippen LogP contribution in [0.1, 0.15) is 27.1 Å². The maximum Gasteiger partial charge on any atom is 0.284 e. The molecule has 0 saturated heterocycles. The summed E-state index contributed by atoms with van der Waals surface area (Å²) in [6.45, 7) is 0. The molecule has 3 rings (SSSR count). The smallest absolute Gasteiger partial charge is 0.284 e. The summed E-state index contributed by atoms with van der Waals surface area (Å²) >= 11 is 0. The second-order valence-electron chi connectivity index (χ2n) is 4.55. The summed E-state index contributed by atoms with van der Waals surface area (Å²) in [6, 6.07) is 4.59. The standard InChI is InChI=1S/C13H6N2O6/c16-10-5-11(17)7-2-4-9(15(20)21)13-8(14(18)19)3-1-6(10)12(7)13/h1-4H,5H2. The number of non-ortho nitro benzene ring substituents is 2. The van der Waals surface area contributed by atoms with Crippen LogP contribution in [0.5, 0.6) is 0 Å². The molecule has 0 N–H and O–H groups in total. The minimum absolute atomic E-state index is 0.000324. The zero-order valence-electron chi connectivity index (χ0n) is 10.4. The van der Waals surface area contributed by atoms with Crippen LogP contribution in [0.15, 0.2) is 24.3 Å². The highest BCUT2D eigenvalue weighted by Gasteiger charge is 2.33. The van der Waals surface area contributed by atoms with Gasteiger partial charge < -0.3 is 0 Å². The van der Waals surface area contributed by atoms with Gasteiger partial charge in [0.05, 0.1) is 16.3 Å². The zero-order chi connectivity index (χ0) is 15.3. The molecule has 1 aliphatic carbocycles. The fourth-order valence-electron chi connectivity index (χ4n) is 2.56. The van der Waals surface area contributed by atoms with Gasteiger partial charge in [-0.3, -0.25) is 29.8 Å². The summed E-state index contributed by atoms with van der Waals surface area (Å²) in [5.74, 6) is -0.985. The molecule has 8 heteroatoms. The molecular weight excluding hydrogens is 280 g/mol. The average Bonchev–Trinajstić information content (AvgIpc) is 2.43. The monoisotopic (exact) mass is 286 g/mol. The Morgan fingerprint density at radius 2 is 1.19 bits per heavy atom. The lowest BCUT2D eigenvalue weighted by molar-refractivity contribution is -0.390. The van der Waals surface area contributed by atoms with Crippen molar-refractivity contribution < 1.29 is 19.4 Å². The van der Waals surface area contributed by atoms with Crippen LogP contribution in [0.3, 0.4) is 0 Å². The van der Waals surface area contributed by atoms with Gasteiger partial charge in [-0.15, -0.1) is 0 Å². The summed E-state index contributed by atoms with van der Waals surface area (Å²) in [6.07, 6.45) is -0.336. The van der Waals surface area contributed by atoms with E-state index in [0.717, 1.165) is 12.1 Å². The van der Waals surface area contributed by atoms with Crippen molar-refractivity contribution in [1.82, 2.24) is 0 Å². The molecule has 0 radical (unpaired) electrons. The fourth-order valence-corrected chi connectivity index (χ4v) is 2.56. The van der Waals surface area contributed by atoms with Crippen LogP contribution in [-0.4, -0.2) is 21.4 Å². The van der Waals surface area contributed by atoms with Crippen LogP contribution in [0.4, 0.5) is 11.4 Å². The third-order valence-corrected chi connectivity index (χ3v) is 3.43. The number of carbonyl (C=O) groups excluding carboxylic acids is 2. The second-order valence-corrected chi connectivity index (χ2v) is 4.55. The van der Waals surface area contributed by atoms with Crippen LogP contribution in [0.25, 0.3) is 10.8 Å². The maximum absolute atomic E-state index is 11.9. The highest BCUT2D eigenvalue weighted by Crippen LogP contribution is 2.40. The first kappa shape index (κ1) is 12.9. The van der Waals surface area contributed by atoms with Gasteiger partial charge >= 0.3 is 0 Å². The molecule has 1 aliphatic rings. The van der Waals surface area contributed by atoms with Crippen LogP contribution in [0, 0.1) is 20.2 Å². The number of benzene rings is 2. The molecule has 0 unspecified atom stereocenters. The molecule has 2 aromatic rings. The van der Waals surface area contributed by atoms with E-state index in [1.54, 1.807) is 0 Å². The number of hydrogen-bond acceptors (Lipinski definition) is 6. The Kier molecular flexibility index (Phi) is 2.55. The number of carbonyl (C=O) groups is 2. The van der Waals surface area contributed by atoms with Crippen LogP contribution < -0.4 is 0 Å². The minimum atomic E-state index is -0.764. The Labute approximate surface area is 116 Å². The normalized spacial score (nSPS) is 13.5. The molecule has 0 aliphatic heterocycles. The summed E-state index contributed by atoms with van der Waals surface area (Å²) in [5, 5.41) is 21.9. The summed E-state index contributed by atoms with van der Waals surface area (Å²) in [7, 11) is 0. The Bertz CT molecular complexity index is 804. The number of rotatable bonds is 2. The Morgan fingerprint density at radius 1 is 0.762 bits per heavy atom. The molecule has 0 amide bonds. The van der Waals surface area contributed by atoms with Gasteiger partial charge in [0, 0.05) is 28.6 Å². The SMILES string of the molecule is O=C1CC(=O)c2ccc([N+](=O)[O-])c3c([N+](=O)[O-])ccc1c23. The van der Waals surface area contributed by atoms with E-state index in [1.165, 1.54) is 12.1 Å². The van der Waals surface area contributed by atoms with Crippen LogP contribution >= 0.6 is 0 Å². The van der Waals surface area contributed by atoms with E-state index in [1.807, 2.05) is 0 Å². The van der Waals surface area contributed by atoms with Crippen molar-refractivity contribution in [3.8, 4) is 0 Å². The van der Waals surface area contributed by atoms with Crippen LogP contribution in [-0.2, 0) is 0 Å². The van der Waals surface area contributed by atoms with Crippen molar-refractivity contribution in [2.75, 3.05) is 0 Å². The summed E-state index contributed by atoms with van der Waals surface area (Å²) in [5.41, 5.74) is -0.780. The average molecular weight is 286 g/mol. The van der Waals surface area contributed by atoms with Gasteiger partial charge in [-0.2, -0.15) is 0 Å². The van der Waals surface area contributed by atoms with E-state index >= 15 is 0 Å². The summed E-state index contributed by atoms with van der Waals surface area (Å²) < 4.78 is 0. The van der Waals surface area contributed by atoms with Gasteiger partial charge in [-0.05, 0) is 12.1 Å². The van der Waals surface area contributed by atoms with Crippen molar-refractivity contribution in [2.45, 2.75) is 6.42 Å². The van der Waals surface area contributed by atoms with E-state index in [4.69, 9.17) is 0 Å². The Balaban J connectivity index is 2.60. The molecule has 0 saturated carbocycles. The number of Topliss-reactive ketones (excluding diaryl/α,β-unsaturated/α-hetero) is 2. The predicted octanol–water partition coefficient (Wildman–Crippen LogP) is 2.43. The van der Waals surface area contributed by atoms with E-state index in [2.05, 4.69) is 0 Å². The first-order chi connectivity index (χ1) is 9.91. The number of nitrogens with zero attached hydrogens (tertiary/aromatic N) is 2. The third kappa shape index (κ3) is 1.69. The molecule has 0 fully saturated rings. The molecule has 104 valence electrons. The first-order valence-electron chi connectivity index (χ1n) is 5.86.